The van der Waals surface area contributed by atoms with E-state index in [1.54, 1.807) is 28.6 Å². The second-order valence-corrected chi connectivity index (χ2v) is 9.80. The molecule has 4 aromatic rings. The van der Waals surface area contributed by atoms with E-state index in [0.29, 0.717) is 12.1 Å². The van der Waals surface area contributed by atoms with E-state index in [9.17, 15) is 9.59 Å². The highest BCUT2D eigenvalue weighted by Gasteiger charge is 2.33. The van der Waals surface area contributed by atoms with Gasteiger partial charge in [-0.3, -0.25) is 9.20 Å². The van der Waals surface area contributed by atoms with Crippen molar-refractivity contribution < 1.29 is 4.79 Å². The van der Waals surface area contributed by atoms with Crippen LogP contribution in [-0.4, -0.2) is 36.7 Å². The van der Waals surface area contributed by atoms with Crippen molar-refractivity contribution in [3.05, 3.63) is 92.2 Å². The summed E-state index contributed by atoms with van der Waals surface area (Å²) in [5.41, 5.74) is 4.16. The van der Waals surface area contributed by atoms with Gasteiger partial charge >= 0.3 is 5.69 Å². The number of nitrogens with zero attached hydrogens (tertiary/aromatic N) is 5. The smallest absolute Gasteiger partial charge is 0.272 e. The topological polar surface area (TPSA) is 79.9 Å². The zero-order valence-electron chi connectivity index (χ0n) is 18.1. The maximum Gasteiger partial charge on any atom is 0.355 e. The molecule has 1 atom stereocenters. The predicted molar refractivity (Wildman–Crippen MR) is 131 cm³/mol. The summed E-state index contributed by atoms with van der Waals surface area (Å²) in [6, 6.07) is 15.7. The van der Waals surface area contributed by atoms with Crippen LogP contribution in [0.5, 0.6) is 0 Å². The number of benzene rings is 1. The molecule has 0 spiro atoms. The van der Waals surface area contributed by atoms with E-state index >= 15 is 0 Å². The van der Waals surface area contributed by atoms with E-state index in [-0.39, 0.29) is 22.9 Å². The number of thiophene rings is 1. The molecule has 0 saturated carbocycles. The van der Waals surface area contributed by atoms with Gasteiger partial charge in [-0.2, -0.15) is 10.1 Å². The second-order valence-electron chi connectivity index (χ2n) is 7.90. The molecule has 5 rings (SSSR count). The number of rotatable bonds is 5. The van der Waals surface area contributed by atoms with Gasteiger partial charge in [-0.1, -0.05) is 53.7 Å². The van der Waals surface area contributed by atoms with Gasteiger partial charge in [-0.15, -0.1) is 11.3 Å². The highest BCUT2D eigenvalue weighted by molar-refractivity contribution is 7.99. The summed E-state index contributed by atoms with van der Waals surface area (Å²) in [7, 11) is 0. The highest BCUT2D eigenvalue weighted by atomic mass is 32.2. The Morgan fingerprint density at radius 3 is 2.64 bits per heavy atom. The number of aryl methyl sites for hydroxylation is 2. The van der Waals surface area contributed by atoms with Gasteiger partial charge < -0.3 is 0 Å². The van der Waals surface area contributed by atoms with E-state index < -0.39 is 5.69 Å². The van der Waals surface area contributed by atoms with Gasteiger partial charge in [0.15, 0.2) is 5.16 Å². The quantitative estimate of drug-likeness (QED) is 0.404. The monoisotopic (exact) mass is 475 g/mol. The van der Waals surface area contributed by atoms with Crippen molar-refractivity contribution in [2.45, 2.75) is 31.5 Å². The van der Waals surface area contributed by atoms with Crippen LogP contribution in [0.2, 0.25) is 0 Å². The molecule has 3 aromatic heterocycles. The van der Waals surface area contributed by atoms with Crippen molar-refractivity contribution in [2.75, 3.05) is 5.75 Å². The minimum absolute atomic E-state index is 0.0883. The van der Waals surface area contributed by atoms with E-state index in [1.165, 1.54) is 9.96 Å². The summed E-state index contributed by atoms with van der Waals surface area (Å²) < 4.78 is 1.41. The van der Waals surface area contributed by atoms with Crippen molar-refractivity contribution in [1.82, 2.24) is 19.4 Å². The van der Waals surface area contributed by atoms with Crippen molar-refractivity contribution >= 4 is 40.4 Å². The Kier molecular flexibility index (Phi) is 5.82. The van der Waals surface area contributed by atoms with Crippen molar-refractivity contribution in [3.8, 4) is 0 Å². The van der Waals surface area contributed by atoms with E-state index in [0.717, 1.165) is 33.5 Å². The third-order valence-corrected chi connectivity index (χ3v) is 7.19. The molecule has 0 unspecified atom stereocenters. The van der Waals surface area contributed by atoms with Crippen LogP contribution in [0.1, 0.15) is 34.0 Å². The molecule has 1 aliphatic heterocycles. The van der Waals surface area contributed by atoms with E-state index in [1.807, 2.05) is 49.6 Å². The molecule has 9 heteroatoms. The lowest BCUT2D eigenvalue weighted by atomic mass is 10.00. The van der Waals surface area contributed by atoms with Gasteiger partial charge in [0.2, 0.25) is 0 Å². The lowest BCUT2D eigenvalue weighted by Gasteiger charge is -2.22. The third kappa shape index (κ3) is 4.46. The maximum absolute atomic E-state index is 13.2. The number of fused-ring (bicyclic) bond motifs is 1. The molecule has 0 N–H and O–H groups in total. The predicted octanol–water partition coefficient (Wildman–Crippen LogP) is 4.24. The molecule has 1 aromatic carbocycles. The first-order chi connectivity index (χ1) is 16.0. The van der Waals surface area contributed by atoms with Crippen LogP contribution in [-0.2, 0) is 4.79 Å². The number of hydrogen-bond acceptors (Lipinski definition) is 7. The molecule has 0 radical (unpaired) electrons. The SMILES string of the molecule is Cc1ccc([C@H]2CC(c3cccs3)=NN2C(=O)CSc2nc(=O)n3cc(C)ccc3n2)cc1. The highest BCUT2D eigenvalue weighted by Crippen LogP contribution is 2.34. The number of aromatic nitrogens is 3. The summed E-state index contributed by atoms with van der Waals surface area (Å²) >= 11 is 2.77. The van der Waals surface area contributed by atoms with Crippen LogP contribution in [0.3, 0.4) is 0 Å². The number of thioether (sulfide) groups is 1. The average molecular weight is 476 g/mol. The fourth-order valence-corrected chi connectivity index (χ4v) is 5.15. The Labute approximate surface area is 198 Å². The molecular weight excluding hydrogens is 454 g/mol. The van der Waals surface area contributed by atoms with Crippen LogP contribution in [0.15, 0.2) is 75.2 Å². The van der Waals surface area contributed by atoms with Crippen LogP contribution in [0, 0.1) is 13.8 Å². The Morgan fingerprint density at radius 2 is 1.88 bits per heavy atom. The minimum Gasteiger partial charge on any atom is -0.272 e. The molecular formula is C24H21N5O2S2. The first-order valence-corrected chi connectivity index (χ1v) is 12.3. The molecule has 4 heterocycles. The fraction of sp³-hybridized carbons (Fsp3) is 0.208. The van der Waals surface area contributed by atoms with E-state index in [2.05, 4.69) is 22.1 Å². The lowest BCUT2D eigenvalue weighted by Crippen LogP contribution is -2.29. The number of hydrogen-bond donors (Lipinski definition) is 0. The summed E-state index contributed by atoms with van der Waals surface area (Å²) in [4.78, 5) is 35.1. The summed E-state index contributed by atoms with van der Waals surface area (Å²) in [6.45, 7) is 3.94. The molecule has 0 saturated heterocycles. The standard InChI is InChI=1S/C24H21N5O2S2/c1-15-5-8-17(9-6-15)19-12-18(20-4-3-11-32-20)27-29(19)22(30)14-33-23-25-21-10-7-16(2)13-28(21)24(31)26-23/h3-11,13,19H,12,14H2,1-2H3/t19-/m1/s1. The van der Waals surface area contributed by atoms with Crippen LogP contribution < -0.4 is 5.69 Å². The maximum atomic E-state index is 13.2. The van der Waals surface area contributed by atoms with Crippen molar-refractivity contribution in [1.29, 1.82) is 0 Å². The van der Waals surface area contributed by atoms with Gasteiger partial charge in [0, 0.05) is 12.6 Å². The van der Waals surface area contributed by atoms with Crippen molar-refractivity contribution in [3.63, 3.8) is 0 Å². The number of pyridine rings is 1. The molecule has 0 aliphatic carbocycles. The summed E-state index contributed by atoms with van der Waals surface area (Å²) in [5.74, 6) is -0.0600. The lowest BCUT2D eigenvalue weighted by molar-refractivity contribution is -0.130. The largest absolute Gasteiger partial charge is 0.355 e. The first kappa shape index (κ1) is 21.5. The average Bonchev–Trinajstić information content (AvgIpc) is 3.49. The van der Waals surface area contributed by atoms with Crippen LogP contribution >= 0.6 is 23.1 Å². The third-order valence-electron chi connectivity index (χ3n) is 5.44. The zero-order valence-corrected chi connectivity index (χ0v) is 19.8. The van der Waals surface area contributed by atoms with E-state index in [4.69, 9.17) is 5.10 Å². The minimum atomic E-state index is -0.407. The van der Waals surface area contributed by atoms with Crippen molar-refractivity contribution in [2.24, 2.45) is 5.10 Å². The number of hydrazone groups is 1. The second kappa shape index (κ2) is 8.92. The first-order valence-electron chi connectivity index (χ1n) is 10.5. The number of carbonyl (C=O) groups excluding carboxylic acids is 1. The molecule has 0 fully saturated rings. The van der Waals surface area contributed by atoms with Crippen LogP contribution in [0.4, 0.5) is 0 Å². The molecule has 1 aliphatic rings. The van der Waals surface area contributed by atoms with Crippen LogP contribution in [0.25, 0.3) is 5.65 Å². The Morgan fingerprint density at radius 1 is 1.09 bits per heavy atom. The Bertz CT molecular complexity index is 1410. The van der Waals surface area contributed by atoms with Gasteiger partial charge in [0.05, 0.1) is 22.4 Å². The Hall–Kier alpha value is -3.30. The molecule has 0 bridgehead atoms. The number of amides is 1. The molecule has 7 nitrogen and oxygen atoms in total. The van der Waals surface area contributed by atoms with Gasteiger partial charge in [-0.25, -0.2) is 14.8 Å². The molecule has 166 valence electrons. The normalized spacial score (nSPS) is 15.8. The molecule has 1 amide bonds. The van der Waals surface area contributed by atoms with Gasteiger partial charge in [0.1, 0.15) is 5.65 Å². The summed E-state index contributed by atoms with van der Waals surface area (Å²) in [6.07, 6.45) is 2.36. The Balaban J connectivity index is 1.39. The molecule has 33 heavy (non-hydrogen) atoms. The van der Waals surface area contributed by atoms with Gasteiger partial charge in [-0.05, 0) is 42.5 Å². The summed E-state index contributed by atoms with van der Waals surface area (Å²) in [5, 5.41) is 8.56. The van der Waals surface area contributed by atoms with Gasteiger partial charge in [0.25, 0.3) is 5.91 Å². The fourth-order valence-electron chi connectivity index (χ4n) is 3.74. The number of carbonyl (C=O) groups is 1. The zero-order chi connectivity index (χ0) is 22.9.